The van der Waals surface area contributed by atoms with E-state index in [4.69, 9.17) is 0 Å². The molecule has 2 amide bonds. The molecule has 1 aliphatic rings. The summed E-state index contributed by atoms with van der Waals surface area (Å²) in [5.41, 5.74) is 2.66. The van der Waals surface area contributed by atoms with Crippen LogP contribution in [0.1, 0.15) is 44.6 Å². The van der Waals surface area contributed by atoms with E-state index in [1.165, 1.54) is 6.42 Å². The highest BCUT2D eigenvalue weighted by atomic mass is 16.2. The lowest BCUT2D eigenvalue weighted by Gasteiger charge is -2.27. The lowest BCUT2D eigenvalue weighted by Crippen LogP contribution is -2.39. The minimum atomic E-state index is 0.0251. The molecule has 0 aliphatic carbocycles. The van der Waals surface area contributed by atoms with Gasteiger partial charge in [-0.05, 0) is 50.3 Å². The molecule has 5 heteroatoms. The van der Waals surface area contributed by atoms with Gasteiger partial charge in [-0.1, -0.05) is 13.0 Å². The van der Waals surface area contributed by atoms with Gasteiger partial charge in [0, 0.05) is 30.9 Å². The summed E-state index contributed by atoms with van der Waals surface area (Å²) in [6.07, 6.45) is 4.76. The summed E-state index contributed by atoms with van der Waals surface area (Å²) in [4.78, 5) is 25.9. The van der Waals surface area contributed by atoms with Crippen LogP contribution in [0.25, 0.3) is 0 Å². The van der Waals surface area contributed by atoms with Gasteiger partial charge in [0.05, 0.1) is 6.54 Å². The normalized spacial score (nSPS) is 14.4. The first kappa shape index (κ1) is 17.3. The summed E-state index contributed by atoms with van der Waals surface area (Å²) in [6, 6.07) is 5.72. The molecule has 1 fully saturated rings. The molecule has 2 rings (SSSR count). The second-order valence-corrected chi connectivity index (χ2v) is 6.07. The van der Waals surface area contributed by atoms with Crippen LogP contribution in [-0.2, 0) is 9.59 Å². The number of piperidine rings is 1. The number of nitrogens with one attached hydrogen (secondary N) is 2. The van der Waals surface area contributed by atoms with Crippen LogP contribution in [0.3, 0.4) is 0 Å². The minimum absolute atomic E-state index is 0.0251. The van der Waals surface area contributed by atoms with Gasteiger partial charge in [0.25, 0.3) is 0 Å². The molecule has 1 aromatic carbocycles. The SMILES string of the molecule is CCCC(=O)Nc1cccc(NCC(=O)N2CCCCC2)c1C. The van der Waals surface area contributed by atoms with E-state index in [1.54, 1.807) is 0 Å². The third kappa shape index (κ3) is 4.98. The minimum Gasteiger partial charge on any atom is -0.376 e. The molecular weight excluding hydrogens is 290 g/mol. The fourth-order valence-corrected chi connectivity index (χ4v) is 2.83. The molecule has 1 saturated heterocycles. The molecule has 2 N–H and O–H groups in total. The smallest absolute Gasteiger partial charge is 0.241 e. The quantitative estimate of drug-likeness (QED) is 0.847. The maximum Gasteiger partial charge on any atom is 0.241 e. The number of hydrogen-bond acceptors (Lipinski definition) is 3. The second kappa shape index (κ2) is 8.56. The summed E-state index contributed by atoms with van der Waals surface area (Å²) < 4.78 is 0. The molecule has 5 nitrogen and oxygen atoms in total. The molecule has 0 aromatic heterocycles. The zero-order valence-electron chi connectivity index (χ0n) is 14.2. The van der Waals surface area contributed by atoms with E-state index in [1.807, 2.05) is 36.9 Å². The third-order valence-corrected chi connectivity index (χ3v) is 4.22. The lowest BCUT2D eigenvalue weighted by molar-refractivity contribution is -0.130. The van der Waals surface area contributed by atoms with Crippen LogP contribution in [-0.4, -0.2) is 36.3 Å². The average Bonchev–Trinajstić information content (AvgIpc) is 2.56. The zero-order chi connectivity index (χ0) is 16.7. The first-order valence-corrected chi connectivity index (χ1v) is 8.53. The molecule has 1 aliphatic heterocycles. The summed E-state index contributed by atoms with van der Waals surface area (Å²) >= 11 is 0. The second-order valence-electron chi connectivity index (χ2n) is 6.07. The van der Waals surface area contributed by atoms with Crippen molar-refractivity contribution in [2.45, 2.75) is 46.0 Å². The maximum atomic E-state index is 12.2. The van der Waals surface area contributed by atoms with Crippen molar-refractivity contribution in [3.05, 3.63) is 23.8 Å². The van der Waals surface area contributed by atoms with E-state index in [-0.39, 0.29) is 11.8 Å². The van der Waals surface area contributed by atoms with Crippen molar-refractivity contribution in [3.8, 4) is 0 Å². The highest BCUT2D eigenvalue weighted by Crippen LogP contribution is 2.23. The van der Waals surface area contributed by atoms with E-state index in [0.29, 0.717) is 13.0 Å². The highest BCUT2D eigenvalue weighted by molar-refractivity contribution is 5.92. The number of carbonyl (C=O) groups is 2. The van der Waals surface area contributed by atoms with E-state index in [0.717, 1.165) is 49.3 Å². The Morgan fingerprint density at radius 2 is 1.83 bits per heavy atom. The van der Waals surface area contributed by atoms with Crippen LogP contribution in [0.15, 0.2) is 18.2 Å². The maximum absolute atomic E-state index is 12.2. The molecule has 0 atom stereocenters. The van der Waals surface area contributed by atoms with Crippen LogP contribution in [0, 0.1) is 6.92 Å². The lowest BCUT2D eigenvalue weighted by atomic mass is 10.1. The average molecular weight is 317 g/mol. The Hall–Kier alpha value is -2.04. The number of benzene rings is 1. The fourth-order valence-electron chi connectivity index (χ4n) is 2.83. The van der Waals surface area contributed by atoms with Crippen molar-refractivity contribution in [2.24, 2.45) is 0 Å². The Labute approximate surface area is 138 Å². The molecule has 126 valence electrons. The van der Waals surface area contributed by atoms with Crippen molar-refractivity contribution in [1.82, 2.24) is 4.90 Å². The largest absolute Gasteiger partial charge is 0.376 e. The molecule has 1 heterocycles. The first-order chi connectivity index (χ1) is 11.1. The van der Waals surface area contributed by atoms with Crippen molar-refractivity contribution >= 4 is 23.2 Å². The van der Waals surface area contributed by atoms with Gasteiger partial charge in [-0.15, -0.1) is 0 Å². The molecule has 0 radical (unpaired) electrons. The molecule has 0 saturated carbocycles. The Morgan fingerprint density at radius 3 is 2.52 bits per heavy atom. The Morgan fingerprint density at radius 1 is 1.13 bits per heavy atom. The van der Waals surface area contributed by atoms with E-state index in [2.05, 4.69) is 10.6 Å². The van der Waals surface area contributed by atoms with Gasteiger partial charge >= 0.3 is 0 Å². The first-order valence-electron chi connectivity index (χ1n) is 8.53. The van der Waals surface area contributed by atoms with Gasteiger partial charge in [-0.25, -0.2) is 0 Å². The monoisotopic (exact) mass is 317 g/mol. The predicted molar refractivity (Wildman–Crippen MR) is 93.6 cm³/mol. The van der Waals surface area contributed by atoms with Crippen LogP contribution >= 0.6 is 0 Å². The highest BCUT2D eigenvalue weighted by Gasteiger charge is 2.16. The van der Waals surface area contributed by atoms with Gasteiger partial charge in [-0.2, -0.15) is 0 Å². The summed E-state index contributed by atoms with van der Waals surface area (Å²) in [7, 11) is 0. The number of carbonyl (C=O) groups excluding carboxylic acids is 2. The number of hydrogen-bond donors (Lipinski definition) is 2. The zero-order valence-corrected chi connectivity index (χ0v) is 14.2. The number of nitrogens with zero attached hydrogens (tertiary/aromatic N) is 1. The van der Waals surface area contributed by atoms with Crippen LogP contribution < -0.4 is 10.6 Å². The molecule has 0 spiro atoms. The van der Waals surface area contributed by atoms with Gasteiger partial charge < -0.3 is 15.5 Å². The Kier molecular flexibility index (Phi) is 6.44. The number of amides is 2. The van der Waals surface area contributed by atoms with Gasteiger partial charge in [0.2, 0.25) is 11.8 Å². The van der Waals surface area contributed by atoms with Gasteiger partial charge in [0.1, 0.15) is 0 Å². The van der Waals surface area contributed by atoms with E-state index < -0.39 is 0 Å². The molecule has 1 aromatic rings. The summed E-state index contributed by atoms with van der Waals surface area (Å²) in [6.45, 7) is 5.97. The number of likely N-dealkylation sites (tertiary alicyclic amines) is 1. The molecule has 0 unspecified atom stereocenters. The summed E-state index contributed by atoms with van der Waals surface area (Å²) in [5.74, 6) is 0.168. The van der Waals surface area contributed by atoms with Crippen LogP contribution in [0.4, 0.5) is 11.4 Å². The molecule has 23 heavy (non-hydrogen) atoms. The topological polar surface area (TPSA) is 61.4 Å². The van der Waals surface area contributed by atoms with E-state index >= 15 is 0 Å². The third-order valence-electron chi connectivity index (χ3n) is 4.22. The van der Waals surface area contributed by atoms with Gasteiger partial charge in [0.15, 0.2) is 0 Å². The summed E-state index contributed by atoms with van der Waals surface area (Å²) in [5, 5.41) is 6.14. The van der Waals surface area contributed by atoms with Gasteiger partial charge in [-0.3, -0.25) is 9.59 Å². The van der Waals surface area contributed by atoms with Crippen molar-refractivity contribution in [3.63, 3.8) is 0 Å². The van der Waals surface area contributed by atoms with Crippen molar-refractivity contribution < 1.29 is 9.59 Å². The molecular formula is C18H27N3O2. The Balaban J connectivity index is 1.94. The van der Waals surface area contributed by atoms with Crippen molar-refractivity contribution in [2.75, 3.05) is 30.3 Å². The van der Waals surface area contributed by atoms with Crippen LogP contribution in [0.5, 0.6) is 0 Å². The predicted octanol–water partition coefficient (Wildman–Crippen LogP) is 3.16. The number of anilines is 2. The fraction of sp³-hybridized carbons (Fsp3) is 0.556. The standard InChI is InChI=1S/C18H27N3O2/c1-3-8-17(22)20-16-10-7-9-15(14(16)2)19-13-18(23)21-11-5-4-6-12-21/h7,9-10,19H,3-6,8,11-13H2,1-2H3,(H,20,22). The van der Waals surface area contributed by atoms with Crippen LogP contribution in [0.2, 0.25) is 0 Å². The van der Waals surface area contributed by atoms with E-state index in [9.17, 15) is 9.59 Å². The van der Waals surface area contributed by atoms with Crippen molar-refractivity contribution in [1.29, 1.82) is 0 Å². The number of rotatable bonds is 6. The molecule has 0 bridgehead atoms. The Bertz CT molecular complexity index is 551.